The van der Waals surface area contributed by atoms with Crippen LogP contribution >= 0.6 is 0 Å². The van der Waals surface area contributed by atoms with Gasteiger partial charge in [-0.05, 0) is 41.3 Å². The molecule has 21 heavy (non-hydrogen) atoms. The smallest absolute Gasteiger partial charge is 0.119 e. The van der Waals surface area contributed by atoms with Crippen molar-refractivity contribution in [3.63, 3.8) is 0 Å². The van der Waals surface area contributed by atoms with Crippen molar-refractivity contribution >= 4 is 0 Å². The average molecular weight is 286 g/mol. The molecular formula is C18H22O3. The highest BCUT2D eigenvalue weighted by molar-refractivity contribution is 5.31. The quantitative estimate of drug-likeness (QED) is 0.874. The first-order valence-corrected chi connectivity index (χ1v) is 7.15. The fraction of sp³-hybridized carbons (Fsp3) is 0.333. The van der Waals surface area contributed by atoms with Gasteiger partial charge < -0.3 is 14.6 Å². The summed E-state index contributed by atoms with van der Waals surface area (Å²) in [5.74, 6) is 2.02. The largest absolute Gasteiger partial charge is 0.497 e. The highest BCUT2D eigenvalue weighted by Crippen LogP contribution is 2.22. The van der Waals surface area contributed by atoms with Crippen LogP contribution in [0.4, 0.5) is 0 Å². The van der Waals surface area contributed by atoms with Gasteiger partial charge in [-0.25, -0.2) is 0 Å². The molecule has 0 heterocycles. The van der Waals surface area contributed by atoms with Crippen LogP contribution in [0.25, 0.3) is 0 Å². The van der Waals surface area contributed by atoms with Crippen LogP contribution in [0, 0.1) is 0 Å². The minimum absolute atomic E-state index is 0.230. The van der Waals surface area contributed by atoms with E-state index in [0.29, 0.717) is 5.92 Å². The maximum Gasteiger partial charge on any atom is 0.119 e. The number of hydrogen-bond acceptors (Lipinski definition) is 3. The van der Waals surface area contributed by atoms with Gasteiger partial charge in [0.1, 0.15) is 24.2 Å². The van der Waals surface area contributed by atoms with E-state index < -0.39 is 6.10 Å². The fourth-order valence-electron chi connectivity index (χ4n) is 2.06. The Balaban J connectivity index is 1.96. The minimum atomic E-state index is -0.654. The summed E-state index contributed by atoms with van der Waals surface area (Å²) >= 11 is 0. The molecule has 0 radical (unpaired) electrons. The van der Waals surface area contributed by atoms with Crippen molar-refractivity contribution < 1.29 is 14.6 Å². The Morgan fingerprint density at radius 2 is 1.67 bits per heavy atom. The van der Waals surface area contributed by atoms with Crippen molar-refractivity contribution in [3.05, 3.63) is 59.7 Å². The molecule has 1 atom stereocenters. The Labute approximate surface area is 126 Å². The summed E-state index contributed by atoms with van der Waals surface area (Å²) < 4.78 is 10.8. The van der Waals surface area contributed by atoms with Crippen molar-refractivity contribution in [2.45, 2.75) is 25.9 Å². The highest BCUT2D eigenvalue weighted by Gasteiger charge is 2.09. The minimum Gasteiger partial charge on any atom is -0.497 e. The van der Waals surface area contributed by atoms with Gasteiger partial charge in [-0.2, -0.15) is 0 Å². The van der Waals surface area contributed by atoms with Gasteiger partial charge in [0.25, 0.3) is 0 Å². The first-order chi connectivity index (χ1) is 10.1. The lowest BCUT2D eigenvalue weighted by Crippen LogP contribution is -2.09. The molecule has 3 heteroatoms. The lowest BCUT2D eigenvalue weighted by atomic mass is 10.0. The second-order valence-corrected chi connectivity index (χ2v) is 5.33. The summed E-state index contributed by atoms with van der Waals surface area (Å²) in [6.07, 6.45) is -0.654. The van der Waals surface area contributed by atoms with Crippen LogP contribution in [0.3, 0.4) is 0 Å². The summed E-state index contributed by atoms with van der Waals surface area (Å²) in [5, 5.41) is 10.2. The van der Waals surface area contributed by atoms with E-state index in [1.165, 1.54) is 5.56 Å². The normalized spacial score (nSPS) is 12.2. The molecule has 2 rings (SSSR count). The van der Waals surface area contributed by atoms with E-state index in [1.807, 2.05) is 42.5 Å². The predicted octanol–water partition coefficient (Wildman–Crippen LogP) is 3.93. The Hall–Kier alpha value is -2.00. The van der Waals surface area contributed by atoms with Crippen molar-refractivity contribution in [2.24, 2.45) is 0 Å². The van der Waals surface area contributed by atoms with Crippen LogP contribution in [0.15, 0.2) is 48.5 Å². The molecule has 1 unspecified atom stereocenters. The van der Waals surface area contributed by atoms with Crippen LogP contribution in [0.5, 0.6) is 11.5 Å². The molecule has 0 aliphatic rings. The van der Waals surface area contributed by atoms with Crippen molar-refractivity contribution in [1.82, 2.24) is 0 Å². The molecule has 112 valence electrons. The highest BCUT2D eigenvalue weighted by atomic mass is 16.5. The molecule has 0 amide bonds. The standard InChI is InChI=1S/C18H22O3/c1-13(2)15-5-4-6-17(11-15)21-12-18(19)14-7-9-16(20-3)10-8-14/h4-11,13,18-19H,12H2,1-3H3. The average Bonchev–Trinajstić information content (AvgIpc) is 2.53. The van der Waals surface area contributed by atoms with E-state index in [4.69, 9.17) is 9.47 Å². The maximum absolute atomic E-state index is 10.2. The van der Waals surface area contributed by atoms with E-state index in [2.05, 4.69) is 19.9 Å². The first kappa shape index (κ1) is 15.4. The van der Waals surface area contributed by atoms with Gasteiger partial charge in [0.15, 0.2) is 0 Å². The third-order valence-corrected chi connectivity index (χ3v) is 3.43. The Morgan fingerprint density at radius 3 is 2.29 bits per heavy atom. The van der Waals surface area contributed by atoms with E-state index in [0.717, 1.165) is 17.1 Å². The maximum atomic E-state index is 10.2. The molecule has 0 bridgehead atoms. The van der Waals surface area contributed by atoms with Gasteiger partial charge in [0, 0.05) is 0 Å². The molecule has 2 aromatic rings. The molecule has 3 nitrogen and oxygen atoms in total. The van der Waals surface area contributed by atoms with Crippen molar-refractivity contribution in [2.75, 3.05) is 13.7 Å². The van der Waals surface area contributed by atoms with Crippen LogP contribution in [0.2, 0.25) is 0 Å². The second kappa shape index (κ2) is 7.14. The zero-order valence-corrected chi connectivity index (χ0v) is 12.7. The van der Waals surface area contributed by atoms with Gasteiger partial charge in [0.2, 0.25) is 0 Å². The summed E-state index contributed by atoms with van der Waals surface area (Å²) in [6.45, 7) is 4.52. The summed E-state index contributed by atoms with van der Waals surface area (Å²) in [7, 11) is 1.62. The van der Waals surface area contributed by atoms with E-state index in [1.54, 1.807) is 7.11 Å². The van der Waals surface area contributed by atoms with Crippen molar-refractivity contribution in [3.8, 4) is 11.5 Å². The number of methoxy groups -OCH3 is 1. The summed E-state index contributed by atoms with van der Waals surface area (Å²) in [5.41, 5.74) is 2.04. The van der Waals surface area contributed by atoms with Crippen molar-refractivity contribution in [1.29, 1.82) is 0 Å². The monoisotopic (exact) mass is 286 g/mol. The molecule has 0 aliphatic heterocycles. The Morgan fingerprint density at radius 1 is 0.952 bits per heavy atom. The molecule has 0 aliphatic carbocycles. The van der Waals surface area contributed by atoms with Crippen LogP contribution in [0.1, 0.15) is 37.0 Å². The lowest BCUT2D eigenvalue weighted by Gasteiger charge is -2.14. The van der Waals surface area contributed by atoms with Crippen LogP contribution in [-0.4, -0.2) is 18.8 Å². The molecule has 0 fully saturated rings. The molecule has 0 spiro atoms. The molecule has 0 aromatic heterocycles. The second-order valence-electron chi connectivity index (χ2n) is 5.33. The summed E-state index contributed by atoms with van der Waals surface area (Å²) in [6, 6.07) is 15.3. The molecule has 2 aromatic carbocycles. The third-order valence-electron chi connectivity index (χ3n) is 3.43. The van der Waals surface area contributed by atoms with E-state index in [9.17, 15) is 5.11 Å². The Kier molecular flexibility index (Phi) is 5.23. The lowest BCUT2D eigenvalue weighted by molar-refractivity contribution is 0.108. The fourth-order valence-corrected chi connectivity index (χ4v) is 2.06. The van der Waals surface area contributed by atoms with Crippen LogP contribution in [-0.2, 0) is 0 Å². The van der Waals surface area contributed by atoms with E-state index in [-0.39, 0.29) is 6.61 Å². The molecule has 0 saturated carbocycles. The number of ether oxygens (including phenoxy) is 2. The van der Waals surface area contributed by atoms with E-state index >= 15 is 0 Å². The van der Waals surface area contributed by atoms with Gasteiger partial charge in [0.05, 0.1) is 7.11 Å². The Bertz CT molecular complexity index is 561. The third kappa shape index (κ3) is 4.23. The summed E-state index contributed by atoms with van der Waals surface area (Å²) in [4.78, 5) is 0. The first-order valence-electron chi connectivity index (χ1n) is 7.15. The zero-order valence-electron chi connectivity index (χ0n) is 12.7. The zero-order chi connectivity index (χ0) is 15.2. The number of benzene rings is 2. The number of hydrogen-bond donors (Lipinski definition) is 1. The number of aliphatic hydroxyl groups excluding tert-OH is 1. The molecule has 1 N–H and O–H groups in total. The SMILES string of the molecule is COc1ccc(C(O)COc2cccc(C(C)C)c2)cc1. The molecular weight excluding hydrogens is 264 g/mol. The number of aliphatic hydroxyl groups is 1. The van der Waals surface area contributed by atoms with Gasteiger partial charge in [-0.3, -0.25) is 0 Å². The predicted molar refractivity (Wildman–Crippen MR) is 84.0 cm³/mol. The van der Waals surface area contributed by atoms with Gasteiger partial charge in [-0.15, -0.1) is 0 Å². The molecule has 0 saturated heterocycles. The number of rotatable bonds is 6. The van der Waals surface area contributed by atoms with Gasteiger partial charge >= 0.3 is 0 Å². The topological polar surface area (TPSA) is 38.7 Å². The van der Waals surface area contributed by atoms with Gasteiger partial charge in [-0.1, -0.05) is 38.1 Å². The van der Waals surface area contributed by atoms with Crippen LogP contribution < -0.4 is 9.47 Å².